The summed E-state index contributed by atoms with van der Waals surface area (Å²) in [6, 6.07) is 6.63. The summed E-state index contributed by atoms with van der Waals surface area (Å²) in [6.45, 7) is 6.19. The van der Waals surface area contributed by atoms with E-state index in [1.165, 1.54) is 13.2 Å². The van der Waals surface area contributed by atoms with Crippen LogP contribution >= 0.6 is 0 Å². The zero-order valence-electron chi connectivity index (χ0n) is 15.4. The van der Waals surface area contributed by atoms with E-state index < -0.39 is 11.7 Å². The summed E-state index contributed by atoms with van der Waals surface area (Å²) in [5.74, 6) is 0.880. The number of fused-ring (bicyclic) bond motifs is 1. The first-order valence-corrected chi connectivity index (χ1v) is 8.57. The maximum atomic E-state index is 11.5. The Hall–Kier alpha value is -2.31. The zero-order valence-corrected chi connectivity index (χ0v) is 15.4. The molecule has 3 rings (SSSR count). The van der Waals surface area contributed by atoms with Gasteiger partial charge in [0, 0.05) is 11.5 Å². The highest BCUT2D eigenvalue weighted by Crippen LogP contribution is 2.39. The van der Waals surface area contributed by atoms with E-state index >= 15 is 0 Å². The first-order valence-electron chi connectivity index (χ1n) is 8.57. The van der Waals surface area contributed by atoms with Crippen molar-refractivity contribution in [2.45, 2.75) is 45.0 Å². The standard InChI is InChI=1S/C20H24O6/c1-12(11-14(21)19-20(2,3)26-19)9-10-24-15-7-5-13-6-8-16(22)25-17(13)18(15)23-4/h5-9,14,19,21H,10-11H2,1-4H3. The Morgan fingerprint density at radius 1 is 1.35 bits per heavy atom. The van der Waals surface area contributed by atoms with Gasteiger partial charge >= 0.3 is 5.63 Å². The van der Waals surface area contributed by atoms with Crippen LogP contribution in [0.15, 0.2) is 45.1 Å². The number of aliphatic hydroxyl groups is 1. The third-order valence-corrected chi connectivity index (χ3v) is 4.52. The second-order valence-electron chi connectivity index (χ2n) is 7.04. The van der Waals surface area contributed by atoms with E-state index in [2.05, 4.69) is 0 Å². The van der Waals surface area contributed by atoms with Crippen molar-refractivity contribution in [3.8, 4) is 11.5 Å². The molecule has 0 radical (unpaired) electrons. The smallest absolute Gasteiger partial charge is 0.336 e. The Bertz CT molecular complexity index is 879. The molecular weight excluding hydrogens is 336 g/mol. The number of rotatable bonds is 7. The second-order valence-corrected chi connectivity index (χ2v) is 7.04. The highest BCUT2D eigenvalue weighted by Gasteiger charge is 2.51. The van der Waals surface area contributed by atoms with Gasteiger partial charge in [0.15, 0.2) is 11.3 Å². The minimum Gasteiger partial charge on any atom is -0.490 e. The molecule has 2 atom stereocenters. The lowest BCUT2D eigenvalue weighted by Gasteiger charge is -2.12. The predicted octanol–water partition coefficient (Wildman–Crippen LogP) is 3.06. The quantitative estimate of drug-likeness (QED) is 0.464. The van der Waals surface area contributed by atoms with Crippen LogP contribution in [0.4, 0.5) is 0 Å². The molecule has 140 valence electrons. The van der Waals surface area contributed by atoms with Crippen LogP contribution in [0, 0.1) is 0 Å². The molecule has 2 unspecified atom stereocenters. The maximum absolute atomic E-state index is 11.5. The summed E-state index contributed by atoms with van der Waals surface area (Å²) < 4.78 is 21.8. The maximum Gasteiger partial charge on any atom is 0.336 e. The van der Waals surface area contributed by atoms with Gasteiger partial charge in [0.1, 0.15) is 12.7 Å². The summed E-state index contributed by atoms with van der Waals surface area (Å²) in [5.41, 5.74) is 0.693. The van der Waals surface area contributed by atoms with Gasteiger partial charge < -0.3 is 23.7 Å². The highest BCUT2D eigenvalue weighted by atomic mass is 16.6. The average molecular weight is 360 g/mol. The van der Waals surface area contributed by atoms with Crippen LogP contribution in [0.2, 0.25) is 0 Å². The summed E-state index contributed by atoms with van der Waals surface area (Å²) in [6.07, 6.45) is 1.80. The topological polar surface area (TPSA) is 81.4 Å². The lowest BCUT2D eigenvalue weighted by atomic mass is 10.0. The number of hydrogen-bond acceptors (Lipinski definition) is 6. The van der Waals surface area contributed by atoms with Crippen LogP contribution in [-0.2, 0) is 4.74 Å². The van der Waals surface area contributed by atoms with Gasteiger partial charge in [0.2, 0.25) is 5.75 Å². The number of methoxy groups -OCH3 is 1. The number of ether oxygens (including phenoxy) is 3. The van der Waals surface area contributed by atoms with Crippen molar-refractivity contribution >= 4 is 11.0 Å². The SMILES string of the molecule is COc1c(OCC=C(C)CC(O)C2OC2(C)C)ccc2ccc(=O)oc12. The normalized spacial score (nSPS) is 20.0. The monoisotopic (exact) mass is 360 g/mol. The Morgan fingerprint density at radius 2 is 2.04 bits per heavy atom. The van der Waals surface area contributed by atoms with Crippen LogP contribution in [0.3, 0.4) is 0 Å². The van der Waals surface area contributed by atoms with E-state index in [1.807, 2.05) is 32.9 Å². The van der Waals surface area contributed by atoms with Crippen LogP contribution in [0.1, 0.15) is 27.2 Å². The zero-order chi connectivity index (χ0) is 18.9. The van der Waals surface area contributed by atoms with E-state index in [1.54, 1.807) is 12.1 Å². The third kappa shape index (κ3) is 3.92. The largest absolute Gasteiger partial charge is 0.490 e. The Balaban J connectivity index is 1.66. The Kier molecular flexibility index (Phi) is 5.07. The fourth-order valence-corrected chi connectivity index (χ4v) is 3.02. The van der Waals surface area contributed by atoms with E-state index in [0.717, 1.165) is 11.0 Å². The molecule has 1 N–H and O–H groups in total. The molecule has 1 aliphatic heterocycles. The van der Waals surface area contributed by atoms with Gasteiger partial charge in [-0.2, -0.15) is 0 Å². The first-order chi connectivity index (χ1) is 12.3. The highest BCUT2D eigenvalue weighted by molar-refractivity contribution is 5.85. The molecule has 26 heavy (non-hydrogen) atoms. The van der Waals surface area contributed by atoms with E-state index in [4.69, 9.17) is 18.6 Å². The van der Waals surface area contributed by atoms with Crippen molar-refractivity contribution in [1.82, 2.24) is 0 Å². The third-order valence-electron chi connectivity index (χ3n) is 4.52. The van der Waals surface area contributed by atoms with Crippen molar-refractivity contribution in [2.75, 3.05) is 13.7 Å². The van der Waals surface area contributed by atoms with Gasteiger partial charge in [0.05, 0.1) is 18.8 Å². The Morgan fingerprint density at radius 3 is 2.69 bits per heavy atom. The molecule has 1 aliphatic rings. The van der Waals surface area contributed by atoms with Crippen molar-refractivity contribution in [3.05, 3.63) is 46.3 Å². The minimum atomic E-state index is -0.522. The molecule has 1 fully saturated rings. The van der Waals surface area contributed by atoms with Crippen LogP contribution in [0.25, 0.3) is 11.0 Å². The van der Waals surface area contributed by atoms with Crippen molar-refractivity contribution in [1.29, 1.82) is 0 Å². The molecule has 1 saturated heterocycles. The van der Waals surface area contributed by atoms with Gasteiger partial charge in [-0.05, 0) is 51.5 Å². The molecule has 0 spiro atoms. The lowest BCUT2D eigenvalue weighted by Crippen LogP contribution is -2.20. The molecule has 2 aromatic rings. The molecule has 0 saturated carbocycles. The molecule has 2 heterocycles. The van der Waals surface area contributed by atoms with Crippen molar-refractivity contribution in [3.63, 3.8) is 0 Å². The van der Waals surface area contributed by atoms with Crippen LogP contribution in [-0.4, -0.2) is 36.6 Å². The van der Waals surface area contributed by atoms with Gasteiger partial charge in [-0.25, -0.2) is 4.79 Å². The average Bonchev–Trinajstić information content (AvgIpc) is 3.23. The second kappa shape index (κ2) is 7.13. The fraction of sp³-hybridized carbons (Fsp3) is 0.450. The summed E-state index contributed by atoms with van der Waals surface area (Å²) in [4.78, 5) is 11.5. The summed E-state index contributed by atoms with van der Waals surface area (Å²) in [7, 11) is 1.50. The van der Waals surface area contributed by atoms with Gasteiger partial charge in [0.25, 0.3) is 0 Å². The number of hydrogen-bond donors (Lipinski definition) is 1. The Labute approximate surface area is 152 Å². The predicted molar refractivity (Wildman–Crippen MR) is 97.9 cm³/mol. The van der Waals surface area contributed by atoms with E-state index in [9.17, 15) is 9.90 Å². The number of epoxide rings is 1. The van der Waals surface area contributed by atoms with E-state index in [0.29, 0.717) is 30.1 Å². The minimum absolute atomic E-state index is 0.116. The molecule has 6 nitrogen and oxygen atoms in total. The van der Waals surface area contributed by atoms with Gasteiger partial charge in [-0.15, -0.1) is 0 Å². The molecule has 0 bridgehead atoms. The molecule has 1 aromatic heterocycles. The first kappa shape index (κ1) is 18.5. The van der Waals surface area contributed by atoms with Gasteiger partial charge in [-0.3, -0.25) is 0 Å². The van der Waals surface area contributed by atoms with Crippen LogP contribution < -0.4 is 15.1 Å². The van der Waals surface area contributed by atoms with Gasteiger partial charge in [-0.1, -0.05) is 5.57 Å². The number of benzene rings is 1. The number of aliphatic hydroxyl groups excluding tert-OH is 1. The summed E-state index contributed by atoms with van der Waals surface area (Å²) >= 11 is 0. The summed E-state index contributed by atoms with van der Waals surface area (Å²) in [5, 5.41) is 10.9. The molecule has 6 heteroatoms. The van der Waals surface area contributed by atoms with Crippen molar-refractivity contribution in [2.24, 2.45) is 0 Å². The molecule has 0 aliphatic carbocycles. The molecule has 0 amide bonds. The molecule has 1 aromatic carbocycles. The van der Waals surface area contributed by atoms with E-state index in [-0.39, 0.29) is 11.7 Å². The van der Waals surface area contributed by atoms with Crippen LogP contribution in [0.5, 0.6) is 11.5 Å². The molecular formula is C20H24O6. The lowest BCUT2D eigenvalue weighted by molar-refractivity contribution is 0.135. The fourth-order valence-electron chi connectivity index (χ4n) is 3.02. The van der Waals surface area contributed by atoms with Crippen molar-refractivity contribution < 1.29 is 23.7 Å².